The molecular weight excluding hydrogens is 644 g/mol. The Hall–Kier alpha value is -2.65. The van der Waals surface area contributed by atoms with Gasteiger partial charge in [0.25, 0.3) is 0 Å². The molecule has 0 amide bonds. The summed E-state index contributed by atoms with van der Waals surface area (Å²) >= 11 is 0. The highest BCUT2D eigenvalue weighted by molar-refractivity contribution is 5.89. The summed E-state index contributed by atoms with van der Waals surface area (Å²) in [6, 6.07) is 0. The standard InChI is InChI=1S/C35H46O14/c1-11-18-21(33(7)34(8,42)30(41)49-35(33)27(11)48-35)23(40)19-17-20(26(44-12(2)36)29(32(18,19)6)46-14(4)38)31(5)15(22(39)25(17)43-9)10-16-24(47-16)28(31)45-13(3)37/h11,15-21,23-29,40,42H,10H2,1-9H3/t11-,15+,16-,17?,18-,19+,20?,21-,23+,24-,25+,26-,27+,28-,29-,31-,32+,33-,34+,35-/m0/s1. The number of aliphatic hydroxyl groups excluding tert-OH is 1. The predicted molar refractivity (Wildman–Crippen MR) is 160 cm³/mol. The van der Waals surface area contributed by atoms with E-state index in [-0.39, 0.29) is 11.9 Å². The third kappa shape index (κ3) is 3.62. The van der Waals surface area contributed by atoms with Crippen LogP contribution < -0.4 is 0 Å². The van der Waals surface area contributed by atoms with Crippen molar-refractivity contribution in [3.63, 3.8) is 0 Å². The van der Waals surface area contributed by atoms with Crippen molar-refractivity contribution in [2.75, 3.05) is 7.11 Å². The molecule has 0 bridgehead atoms. The molecule has 0 aromatic rings. The number of aliphatic hydroxyl groups is 2. The van der Waals surface area contributed by atoms with Crippen molar-refractivity contribution in [1.82, 2.24) is 0 Å². The van der Waals surface area contributed by atoms with Crippen LogP contribution in [0, 0.1) is 57.7 Å². The summed E-state index contributed by atoms with van der Waals surface area (Å²) in [7, 11) is 1.42. The molecule has 2 unspecified atom stereocenters. The van der Waals surface area contributed by atoms with Gasteiger partial charge in [-0.05, 0) is 32.1 Å². The molecule has 270 valence electrons. The van der Waals surface area contributed by atoms with Gasteiger partial charge in [0.2, 0.25) is 5.79 Å². The van der Waals surface area contributed by atoms with Crippen LogP contribution in [0.15, 0.2) is 0 Å². The number of carbonyl (C=O) groups excluding carboxylic acids is 5. The number of esters is 4. The molecule has 14 heteroatoms. The number of ketones is 1. The molecule has 5 saturated carbocycles. The van der Waals surface area contributed by atoms with Crippen LogP contribution in [0.25, 0.3) is 0 Å². The number of hydrogen-bond acceptors (Lipinski definition) is 14. The van der Waals surface area contributed by atoms with Gasteiger partial charge in [-0.2, -0.15) is 0 Å². The van der Waals surface area contributed by atoms with Gasteiger partial charge in [0.1, 0.15) is 36.6 Å². The maximum atomic E-state index is 14.7. The van der Waals surface area contributed by atoms with Gasteiger partial charge in [0.05, 0.1) is 17.6 Å². The van der Waals surface area contributed by atoms with E-state index in [0.29, 0.717) is 6.42 Å². The Kier molecular flexibility index (Phi) is 6.71. The second-order valence-electron chi connectivity index (χ2n) is 16.8. The van der Waals surface area contributed by atoms with E-state index in [1.165, 1.54) is 34.8 Å². The lowest BCUT2D eigenvalue weighted by Gasteiger charge is -2.65. The first-order valence-corrected chi connectivity index (χ1v) is 17.3. The highest BCUT2D eigenvalue weighted by Gasteiger charge is 2.93. The molecule has 49 heavy (non-hydrogen) atoms. The molecule has 1 spiro atoms. The Labute approximate surface area is 283 Å². The van der Waals surface area contributed by atoms with E-state index >= 15 is 0 Å². The lowest BCUT2D eigenvalue weighted by Crippen LogP contribution is -2.75. The first-order valence-electron chi connectivity index (χ1n) is 17.3. The first-order chi connectivity index (χ1) is 22.8. The Balaban J connectivity index is 1.39. The molecule has 5 aliphatic carbocycles. The zero-order chi connectivity index (χ0) is 35.7. The van der Waals surface area contributed by atoms with E-state index in [0.717, 1.165) is 0 Å². The quantitative estimate of drug-likeness (QED) is 0.238. The molecule has 14 nitrogen and oxygen atoms in total. The van der Waals surface area contributed by atoms with Crippen molar-refractivity contribution in [3.8, 4) is 0 Å². The van der Waals surface area contributed by atoms with E-state index < -0.39 is 136 Å². The van der Waals surface area contributed by atoms with Gasteiger partial charge in [-0.3, -0.25) is 19.2 Å². The monoisotopic (exact) mass is 690 g/mol. The number of hydrogen-bond donors (Lipinski definition) is 2. The minimum atomic E-state index is -2.08. The number of epoxide rings is 2. The molecule has 0 aromatic carbocycles. The largest absolute Gasteiger partial charge is 0.459 e. The molecule has 3 saturated heterocycles. The summed E-state index contributed by atoms with van der Waals surface area (Å²) in [5.41, 5.74) is -6.00. The van der Waals surface area contributed by atoms with E-state index in [1.807, 2.05) is 20.8 Å². The fourth-order valence-electron chi connectivity index (χ4n) is 13.1. The molecule has 0 aromatic heterocycles. The molecule has 3 heterocycles. The highest BCUT2D eigenvalue weighted by atomic mass is 16.8. The van der Waals surface area contributed by atoms with E-state index in [2.05, 4.69) is 0 Å². The van der Waals surface area contributed by atoms with Gasteiger partial charge >= 0.3 is 23.9 Å². The third-order valence-corrected chi connectivity index (χ3v) is 14.9. The summed E-state index contributed by atoms with van der Waals surface area (Å²) < 4.78 is 42.6. The highest BCUT2D eigenvalue weighted by Crippen LogP contribution is 2.80. The fraction of sp³-hybridized carbons (Fsp3) is 0.857. The van der Waals surface area contributed by atoms with Crippen LogP contribution in [0.1, 0.15) is 61.8 Å². The molecular formula is C35H46O14. The second kappa shape index (κ2) is 9.81. The molecule has 0 radical (unpaired) electrons. The normalized spacial score (nSPS) is 58.6. The van der Waals surface area contributed by atoms with Gasteiger partial charge in [-0.25, -0.2) is 4.79 Å². The summed E-state index contributed by atoms with van der Waals surface area (Å²) in [6.45, 7) is 12.4. The van der Waals surface area contributed by atoms with E-state index in [4.69, 9.17) is 33.2 Å². The van der Waals surface area contributed by atoms with Crippen LogP contribution >= 0.6 is 0 Å². The van der Waals surface area contributed by atoms with Gasteiger partial charge in [0, 0.05) is 68.3 Å². The Morgan fingerprint density at radius 3 is 2.06 bits per heavy atom. The van der Waals surface area contributed by atoms with Gasteiger partial charge < -0.3 is 43.4 Å². The lowest BCUT2D eigenvalue weighted by atomic mass is 9.41. The summed E-state index contributed by atoms with van der Waals surface area (Å²) in [6.07, 6.45) is -6.86. The van der Waals surface area contributed by atoms with Gasteiger partial charge in [-0.1, -0.05) is 20.8 Å². The van der Waals surface area contributed by atoms with Gasteiger partial charge in [-0.15, -0.1) is 0 Å². The minimum Gasteiger partial charge on any atom is -0.459 e. The van der Waals surface area contributed by atoms with Crippen molar-refractivity contribution in [2.45, 2.75) is 122 Å². The molecule has 2 N–H and O–H groups in total. The van der Waals surface area contributed by atoms with Crippen molar-refractivity contribution >= 4 is 29.7 Å². The van der Waals surface area contributed by atoms with E-state index in [1.54, 1.807) is 6.92 Å². The van der Waals surface area contributed by atoms with Gasteiger partial charge in [0.15, 0.2) is 11.4 Å². The summed E-state index contributed by atoms with van der Waals surface area (Å²) in [4.78, 5) is 66.9. The molecule has 8 rings (SSSR count). The number of methoxy groups -OCH3 is 1. The number of ether oxygens (including phenoxy) is 7. The zero-order valence-electron chi connectivity index (χ0n) is 29.2. The van der Waals surface area contributed by atoms with Crippen LogP contribution in [-0.2, 0) is 57.1 Å². The number of rotatable bonds is 4. The second-order valence-corrected chi connectivity index (χ2v) is 16.8. The average Bonchev–Trinajstić information content (AvgIpc) is 3.90. The summed E-state index contributed by atoms with van der Waals surface area (Å²) in [5.74, 6) is -9.72. The topological polar surface area (TPSA) is 197 Å². The maximum Gasteiger partial charge on any atom is 0.341 e. The zero-order valence-corrected chi connectivity index (χ0v) is 29.2. The number of Topliss-reactive ketones (excluding diaryl/α,β-unsaturated/α-hetero) is 1. The SMILES string of the molecule is CO[C@H]1C(=O)[C@H]2C[C@@H]3O[C@@H]3[C@H](OC(C)=O)[C@]2(C)C2C1[C@@H]1[C@@H](O)[C@@H]3[C@H]([C@H](C)[C@H]4O[C@]45OC(=O)[C@@](C)(O)[C@]35C)[C@@]1(C)[C@@H](OC(C)=O)[C@H]2OC(C)=O. The Morgan fingerprint density at radius 1 is 0.857 bits per heavy atom. The van der Waals surface area contributed by atoms with Crippen molar-refractivity contribution in [3.05, 3.63) is 0 Å². The smallest absolute Gasteiger partial charge is 0.341 e. The lowest BCUT2D eigenvalue weighted by molar-refractivity contribution is -0.274. The van der Waals surface area contributed by atoms with Crippen LogP contribution in [0.3, 0.4) is 0 Å². The van der Waals surface area contributed by atoms with Crippen LogP contribution in [0.4, 0.5) is 0 Å². The maximum absolute atomic E-state index is 14.7. The number of carbonyl (C=O) groups is 5. The molecule has 8 aliphatic rings. The van der Waals surface area contributed by atoms with Crippen LogP contribution in [0.5, 0.6) is 0 Å². The fourth-order valence-corrected chi connectivity index (χ4v) is 13.1. The van der Waals surface area contributed by atoms with Crippen LogP contribution in [0.2, 0.25) is 0 Å². The predicted octanol–water partition coefficient (Wildman–Crippen LogP) is 0.707. The van der Waals surface area contributed by atoms with Crippen molar-refractivity contribution in [2.24, 2.45) is 57.7 Å². The average molecular weight is 691 g/mol. The van der Waals surface area contributed by atoms with Crippen LogP contribution in [-0.4, -0.2) is 107 Å². The molecule has 3 aliphatic heterocycles. The summed E-state index contributed by atoms with van der Waals surface area (Å²) in [5, 5.41) is 24.8. The Morgan fingerprint density at radius 2 is 1.47 bits per heavy atom. The van der Waals surface area contributed by atoms with Crippen molar-refractivity contribution in [1.29, 1.82) is 0 Å². The Bertz CT molecular complexity index is 1560. The number of fused-ring (bicyclic) bond motifs is 9. The minimum absolute atomic E-state index is 0.248. The molecule has 8 fully saturated rings. The van der Waals surface area contributed by atoms with Crippen molar-refractivity contribution < 1.29 is 67.3 Å². The van der Waals surface area contributed by atoms with E-state index in [9.17, 15) is 34.2 Å². The third-order valence-electron chi connectivity index (χ3n) is 14.9. The first kappa shape index (κ1) is 33.5. The molecule has 20 atom stereocenters.